The van der Waals surface area contributed by atoms with Crippen LogP contribution in [-0.2, 0) is 59.0 Å². The summed E-state index contributed by atoms with van der Waals surface area (Å²) in [6.45, 7) is 0. The molecule has 0 radical (unpaired) electrons. The summed E-state index contributed by atoms with van der Waals surface area (Å²) in [7, 11) is -39.2. The molecule has 0 aliphatic heterocycles. The third kappa shape index (κ3) is 18.1. The maximum atomic E-state index is 11.4. The van der Waals surface area contributed by atoms with Crippen molar-refractivity contribution >= 4 is 56.1 Å². The van der Waals surface area contributed by atoms with Gasteiger partial charge in [-0.25, -0.2) is 27.4 Å². The van der Waals surface area contributed by atoms with Crippen LogP contribution in [0.25, 0.3) is 0 Å². The summed E-state index contributed by atoms with van der Waals surface area (Å²) in [6.07, 6.45) is -18.9. The Balaban J connectivity index is 0.00000354. The van der Waals surface area contributed by atoms with Crippen LogP contribution in [0.5, 0.6) is 0 Å². The van der Waals surface area contributed by atoms with Gasteiger partial charge in [0, 0.05) is 0 Å². The first kappa shape index (κ1) is 40.3. The highest BCUT2D eigenvalue weighted by Gasteiger charge is 2.62. The minimum atomic E-state index is -6.02. The Kier molecular flexibility index (Phi) is 14.5. The van der Waals surface area contributed by atoms with E-state index in [-0.39, 0.29) is 0 Å². The minimum Gasteiger partial charge on any atom is -0.511 e. The van der Waals surface area contributed by atoms with Crippen molar-refractivity contribution in [3.8, 4) is 0 Å². The Hall–Kier alpha value is 0.277. The molecule has 0 aromatic heterocycles. The molecule has 0 saturated heterocycles. The Morgan fingerprint density at radius 3 is 0.475 bits per heavy atom. The summed E-state index contributed by atoms with van der Waals surface area (Å²) in [5.74, 6) is 0. The lowest BCUT2D eigenvalue weighted by Crippen LogP contribution is -2.66. The maximum absolute atomic E-state index is 11.4. The van der Waals surface area contributed by atoms with E-state index < -0.39 is 92.7 Å². The zero-order valence-corrected chi connectivity index (χ0v) is 24.6. The maximum Gasteiger partial charge on any atom is 0.761 e. The molecule has 1 fully saturated rings. The van der Waals surface area contributed by atoms with E-state index in [9.17, 15) is 27.4 Å². The molecule has 0 amide bonds. The van der Waals surface area contributed by atoms with Gasteiger partial charge < -0.3 is 68.3 Å². The second-order valence-electron chi connectivity index (χ2n) is 6.65. The fourth-order valence-corrected chi connectivity index (χ4v) is 6.14. The molecule has 0 atom stereocenters. The quantitative estimate of drug-likeness (QED) is 0.0660. The molecule has 1 saturated carbocycles. The van der Waals surface area contributed by atoms with Crippen molar-refractivity contribution in [1.82, 2.24) is 0 Å². The largest absolute Gasteiger partial charge is 0.761 e. The minimum absolute atomic E-state index is 3.13. The predicted octanol–water partition coefficient (Wildman–Crippen LogP) is -4.75. The van der Waals surface area contributed by atoms with Crippen molar-refractivity contribution in [2.45, 2.75) is 36.6 Å². The van der Waals surface area contributed by atoms with E-state index in [4.69, 9.17) is 72.8 Å². The molecule has 0 aromatic carbocycles. The topological polar surface area (TPSA) is 458 Å². The Labute approximate surface area is 220 Å². The van der Waals surface area contributed by atoms with Gasteiger partial charge in [0.25, 0.3) is 0 Å². The van der Waals surface area contributed by atoms with Crippen molar-refractivity contribution < 1.29 is 127 Å². The highest BCUT2D eigenvalue weighted by molar-refractivity contribution is 7.47. The average Bonchev–Trinajstić information content (AvgIpc) is 2.57. The molecule has 0 bridgehead atoms. The lowest BCUT2D eigenvalue weighted by atomic mass is 9.85. The molecular formula is C6H20O27P6Si. The first-order valence-electron chi connectivity index (χ1n) is 8.66. The van der Waals surface area contributed by atoms with E-state index in [0.29, 0.717) is 0 Å². The van der Waals surface area contributed by atoms with Crippen LogP contribution < -0.4 is 0 Å². The molecule has 27 nitrogen and oxygen atoms in total. The first-order valence-corrected chi connectivity index (χ1v) is 19.1. The molecule has 0 spiro atoms. The lowest BCUT2D eigenvalue weighted by molar-refractivity contribution is -0.202. The normalized spacial score (nSPS) is 27.0. The van der Waals surface area contributed by atoms with E-state index >= 15 is 0 Å². The van der Waals surface area contributed by atoms with Gasteiger partial charge in [0.05, 0.1) is 0 Å². The van der Waals surface area contributed by atoms with Crippen molar-refractivity contribution in [3.63, 3.8) is 0 Å². The SMILES string of the molecule is O=P(O)(O)OC1C(OP(=O)(O)O)C(OP(=O)(O)O)C(OP(=O)(O)O)C(OP(=O)(O)O)C1OP(=O)(O)O.O=[Si](O)O. The molecule has 1 aliphatic carbocycles. The predicted molar refractivity (Wildman–Crippen MR) is 112 cm³/mol. The molecule has 40 heavy (non-hydrogen) atoms. The smallest absolute Gasteiger partial charge is 0.511 e. The van der Waals surface area contributed by atoms with E-state index in [1.807, 2.05) is 0 Å². The zero-order valence-electron chi connectivity index (χ0n) is 18.2. The fraction of sp³-hybridized carbons (Fsp3) is 1.00. The van der Waals surface area contributed by atoms with Gasteiger partial charge in [0.1, 0.15) is 36.6 Å². The molecule has 0 aromatic rings. The Bertz CT molecular complexity index is 913. The summed E-state index contributed by atoms with van der Waals surface area (Å²) in [5.41, 5.74) is 0. The van der Waals surface area contributed by atoms with Gasteiger partial charge in [-0.05, 0) is 0 Å². The van der Waals surface area contributed by atoms with Crippen LogP contribution in [0.2, 0.25) is 0 Å². The van der Waals surface area contributed by atoms with E-state index in [1.54, 1.807) is 0 Å². The Morgan fingerprint density at radius 2 is 0.425 bits per heavy atom. The van der Waals surface area contributed by atoms with Crippen LogP contribution in [0.4, 0.5) is 0 Å². The third-order valence-corrected chi connectivity index (χ3v) is 6.61. The summed E-state index contributed by atoms with van der Waals surface area (Å²) in [6, 6.07) is 0. The van der Waals surface area contributed by atoms with Crippen LogP contribution in [0, 0.1) is 0 Å². The molecule has 0 heterocycles. The van der Waals surface area contributed by atoms with Gasteiger partial charge in [-0.3, -0.25) is 31.6 Å². The molecular weight excluding hydrogens is 718 g/mol. The van der Waals surface area contributed by atoms with Gasteiger partial charge in [0.15, 0.2) is 0 Å². The second-order valence-corrected chi connectivity index (χ2v) is 14.4. The van der Waals surface area contributed by atoms with Gasteiger partial charge in [-0.1, -0.05) is 0 Å². The summed E-state index contributed by atoms with van der Waals surface area (Å²) >= 11 is 0. The molecule has 14 N–H and O–H groups in total. The van der Waals surface area contributed by atoms with Crippen molar-refractivity contribution in [2.24, 2.45) is 0 Å². The summed E-state index contributed by atoms with van der Waals surface area (Å²) in [4.78, 5) is 124. The van der Waals surface area contributed by atoms with Gasteiger partial charge in [0.2, 0.25) is 0 Å². The van der Waals surface area contributed by atoms with Crippen LogP contribution in [0.1, 0.15) is 0 Å². The highest BCUT2D eigenvalue weighted by atomic mass is 31.2. The van der Waals surface area contributed by atoms with Crippen molar-refractivity contribution in [1.29, 1.82) is 0 Å². The summed E-state index contributed by atoms with van der Waals surface area (Å²) in [5, 5.41) is 0. The number of hydrogen-bond acceptors (Lipinski definition) is 13. The third-order valence-electron chi connectivity index (χ3n) is 3.50. The molecule has 240 valence electrons. The molecule has 1 aliphatic rings. The number of rotatable bonds is 12. The number of phosphoric ester groups is 6. The number of hydrogen-bond donors (Lipinski definition) is 14. The monoisotopic (exact) mass is 738 g/mol. The highest BCUT2D eigenvalue weighted by Crippen LogP contribution is 2.57. The summed E-state index contributed by atoms with van der Waals surface area (Å²) < 4.78 is 102. The van der Waals surface area contributed by atoms with Crippen LogP contribution >= 0.6 is 46.9 Å². The van der Waals surface area contributed by atoms with E-state index in [2.05, 4.69) is 27.1 Å². The van der Waals surface area contributed by atoms with Crippen LogP contribution in [0.3, 0.4) is 0 Å². The zero-order chi connectivity index (χ0) is 32.3. The first-order chi connectivity index (χ1) is 17.3. The number of phosphoric acid groups is 6. The van der Waals surface area contributed by atoms with Crippen molar-refractivity contribution in [2.75, 3.05) is 0 Å². The van der Waals surface area contributed by atoms with Gasteiger partial charge >= 0.3 is 56.1 Å². The average molecular weight is 738 g/mol. The van der Waals surface area contributed by atoms with E-state index in [0.717, 1.165) is 0 Å². The lowest BCUT2D eigenvalue weighted by Gasteiger charge is -2.48. The molecule has 34 heteroatoms. The van der Waals surface area contributed by atoms with E-state index in [1.165, 1.54) is 0 Å². The van der Waals surface area contributed by atoms with Crippen LogP contribution in [0.15, 0.2) is 0 Å². The van der Waals surface area contributed by atoms with Gasteiger partial charge in [-0.2, -0.15) is 0 Å². The molecule has 0 unspecified atom stereocenters. The van der Waals surface area contributed by atoms with Crippen LogP contribution in [-0.4, -0.2) is 114 Å². The van der Waals surface area contributed by atoms with Crippen molar-refractivity contribution in [3.05, 3.63) is 0 Å². The Morgan fingerprint density at radius 1 is 0.350 bits per heavy atom. The second kappa shape index (κ2) is 14.4. The fourth-order valence-electron chi connectivity index (χ4n) is 2.79. The molecule has 1 rings (SSSR count). The van der Waals surface area contributed by atoms with Gasteiger partial charge in [-0.15, -0.1) is 0 Å². The standard InChI is InChI=1S/C6H18O24P6.H2O3Si/c7-31(8,9)25-1-2(26-32(10,11)12)4(28-34(16,17)18)6(30-36(22,23)24)5(29-35(19,20)21)3(1)27-33(13,14)15;1-4(2)3/h1-6H,(H2,7,8,9)(H2,10,11,12)(H2,13,14,15)(H2,16,17,18)(H2,19,20,21)(H2,22,23,24);1-2H.